The topological polar surface area (TPSA) is 81.3 Å². The summed E-state index contributed by atoms with van der Waals surface area (Å²) in [6.07, 6.45) is 3.00. The average Bonchev–Trinajstić information content (AvgIpc) is 2.14. The SMILES string of the molecule is CCCN([SiH3])C(CC(C)N)(CC(C)N)C(C)N. The molecule has 0 bridgehead atoms. The Bertz CT molecular complexity index is 197. The Labute approximate surface area is 110 Å². The smallest absolute Gasteiger partial charge is 0.0792 e. The minimum Gasteiger partial charge on any atom is -0.328 e. The second kappa shape index (κ2) is 7.48. The first-order chi connectivity index (χ1) is 7.76. The zero-order valence-electron chi connectivity index (χ0n) is 12.2. The first-order valence-corrected chi connectivity index (χ1v) is 7.63. The fourth-order valence-electron chi connectivity index (χ4n) is 2.79. The zero-order chi connectivity index (χ0) is 13.6. The van der Waals surface area contributed by atoms with Crippen molar-refractivity contribution in [1.29, 1.82) is 0 Å². The Balaban J connectivity index is 5.07. The molecule has 0 saturated heterocycles. The van der Waals surface area contributed by atoms with Crippen molar-refractivity contribution in [1.82, 2.24) is 4.57 Å². The lowest BCUT2D eigenvalue weighted by Gasteiger charge is -2.47. The van der Waals surface area contributed by atoms with Crippen LogP contribution in [0.3, 0.4) is 0 Å². The number of nitrogens with two attached hydrogens (primary N) is 3. The van der Waals surface area contributed by atoms with E-state index in [0.717, 1.165) is 36.2 Å². The number of nitrogens with zero attached hydrogens (tertiary/aromatic N) is 1. The van der Waals surface area contributed by atoms with Gasteiger partial charge in [-0.2, -0.15) is 0 Å². The second-order valence-electron chi connectivity index (χ2n) is 5.68. The lowest BCUT2D eigenvalue weighted by atomic mass is 9.80. The summed E-state index contributed by atoms with van der Waals surface area (Å²) in [7, 11) is 1.01. The van der Waals surface area contributed by atoms with Crippen LogP contribution in [0.4, 0.5) is 0 Å². The van der Waals surface area contributed by atoms with Crippen LogP contribution in [0.2, 0.25) is 0 Å². The molecular weight excluding hydrogens is 228 g/mol. The third-order valence-corrected chi connectivity index (χ3v) is 4.86. The van der Waals surface area contributed by atoms with E-state index < -0.39 is 0 Å². The van der Waals surface area contributed by atoms with Crippen molar-refractivity contribution in [3.05, 3.63) is 0 Å². The third kappa shape index (κ3) is 5.05. The Morgan fingerprint density at radius 1 is 1.06 bits per heavy atom. The van der Waals surface area contributed by atoms with Gasteiger partial charge in [-0.05, 0) is 46.6 Å². The Hall–Kier alpha value is 0.0569. The highest BCUT2D eigenvalue weighted by Gasteiger charge is 2.38. The molecule has 17 heavy (non-hydrogen) atoms. The van der Waals surface area contributed by atoms with Crippen molar-refractivity contribution in [2.24, 2.45) is 17.2 Å². The summed E-state index contributed by atoms with van der Waals surface area (Å²) in [6, 6.07) is 0.421. The van der Waals surface area contributed by atoms with Crippen molar-refractivity contribution in [2.45, 2.75) is 70.6 Å². The maximum Gasteiger partial charge on any atom is 0.0792 e. The summed E-state index contributed by atoms with van der Waals surface area (Å²) in [5.41, 5.74) is 18.3. The summed E-state index contributed by atoms with van der Waals surface area (Å²) >= 11 is 0. The summed E-state index contributed by atoms with van der Waals surface area (Å²) in [5.74, 6) is 0. The quantitative estimate of drug-likeness (QED) is 0.516. The Kier molecular flexibility index (Phi) is 7.51. The highest BCUT2D eigenvalue weighted by Crippen LogP contribution is 2.28. The van der Waals surface area contributed by atoms with E-state index in [1.54, 1.807) is 0 Å². The third-order valence-electron chi connectivity index (χ3n) is 3.52. The largest absolute Gasteiger partial charge is 0.328 e. The van der Waals surface area contributed by atoms with Gasteiger partial charge in [0.05, 0.1) is 10.4 Å². The van der Waals surface area contributed by atoms with Gasteiger partial charge in [-0.1, -0.05) is 6.92 Å². The minimum absolute atomic E-state index is 0.0232. The molecule has 6 N–H and O–H groups in total. The van der Waals surface area contributed by atoms with Crippen LogP contribution in [0.25, 0.3) is 0 Å². The van der Waals surface area contributed by atoms with E-state index in [-0.39, 0.29) is 23.7 Å². The van der Waals surface area contributed by atoms with Crippen LogP contribution in [-0.2, 0) is 0 Å². The molecule has 0 aliphatic heterocycles. The molecule has 3 unspecified atom stereocenters. The molecule has 0 amide bonds. The number of hydrogen-bond donors (Lipinski definition) is 3. The number of rotatable bonds is 8. The van der Waals surface area contributed by atoms with E-state index in [1.807, 2.05) is 0 Å². The second-order valence-corrected chi connectivity index (χ2v) is 6.76. The van der Waals surface area contributed by atoms with Crippen LogP contribution in [-0.4, -0.2) is 45.2 Å². The molecule has 0 aromatic heterocycles. The van der Waals surface area contributed by atoms with Crippen LogP contribution in [0.5, 0.6) is 0 Å². The van der Waals surface area contributed by atoms with Crippen molar-refractivity contribution in [2.75, 3.05) is 6.54 Å². The fourth-order valence-corrected chi connectivity index (χ4v) is 4.01. The zero-order valence-corrected chi connectivity index (χ0v) is 14.2. The molecule has 0 radical (unpaired) electrons. The lowest BCUT2D eigenvalue weighted by molar-refractivity contribution is 0.118. The average molecular weight is 261 g/mol. The Morgan fingerprint density at radius 3 is 1.71 bits per heavy atom. The lowest BCUT2D eigenvalue weighted by Crippen LogP contribution is -2.62. The van der Waals surface area contributed by atoms with Crippen molar-refractivity contribution >= 4 is 10.4 Å². The van der Waals surface area contributed by atoms with Crippen LogP contribution >= 0.6 is 0 Å². The maximum atomic E-state index is 6.27. The van der Waals surface area contributed by atoms with E-state index >= 15 is 0 Å². The van der Waals surface area contributed by atoms with Crippen molar-refractivity contribution in [3.8, 4) is 0 Å². The first-order valence-electron chi connectivity index (χ1n) is 6.74. The highest BCUT2D eigenvalue weighted by molar-refractivity contribution is 6.05. The van der Waals surface area contributed by atoms with E-state index in [2.05, 4.69) is 32.3 Å². The molecule has 0 aliphatic rings. The predicted octanol–water partition coefficient (Wildman–Crippen LogP) is -0.461. The minimum atomic E-state index is -0.0232. The summed E-state index contributed by atoms with van der Waals surface area (Å²) in [5, 5.41) is 0. The fraction of sp³-hybridized carbons (Fsp3) is 1.00. The summed E-state index contributed by atoms with van der Waals surface area (Å²) in [4.78, 5) is 0. The predicted molar refractivity (Wildman–Crippen MR) is 79.8 cm³/mol. The van der Waals surface area contributed by atoms with Gasteiger partial charge >= 0.3 is 0 Å². The van der Waals surface area contributed by atoms with Crippen LogP contribution in [0.15, 0.2) is 0 Å². The molecule has 0 aromatic carbocycles. The van der Waals surface area contributed by atoms with Crippen LogP contribution < -0.4 is 17.2 Å². The molecule has 5 heteroatoms. The molecule has 104 valence electrons. The standard InChI is InChI=1S/C12H32N4Si/c1-5-6-16(17)12(11(4)15,7-9(2)13)8-10(3)14/h9-11H,5-8,13-15H2,1-4,17H3. The molecule has 0 rings (SSSR count). The van der Waals surface area contributed by atoms with Crippen molar-refractivity contribution in [3.63, 3.8) is 0 Å². The van der Waals surface area contributed by atoms with Gasteiger partial charge in [0.1, 0.15) is 0 Å². The van der Waals surface area contributed by atoms with E-state index in [9.17, 15) is 0 Å². The van der Waals surface area contributed by atoms with Crippen LogP contribution in [0.1, 0.15) is 47.0 Å². The summed E-state index contributed by atoms with van der Waals surface area (Å²) < 4.78 is 2.49. The van der Waals surface area contributed by atoms with E-state index in [0.29, 0.717) is 0 Å². The molecule has 0 heterocycles. The molecule has 0 aliphatic carbocycles. The van der Waals surface area contributed by atoms with Crippen LogP contribution in [0, 0.1) is 0 Å². The Morgan fingerprint density at radius 2 is 1.47 bits per heavy atom. The molecule has 3 atom stereocenters. The van der Waals surface area contributed by atoms with E-state index in [1.165, 1.54) is 0 Å². The van der Waals surface area contributed by atoms with Gasteiger partial charge in [-0.3, -0.25) is 0 Å². The van der Waals surface area contributed by atoms with Gasteiger partial charge in [-0.25, -0.2) is 0 Å². The monoisotopic (exact) mass is 260 g/mol. The maximum absolute atomic E-state index is 6.27. The number of hydrogen-bond acceptors (Lipinski definition) is 4. The molecule has 4 nitrogen and oxygen atoms in total. The van der Waals surface area contributed by atoms with Gasteiger partial charge in [-0.15, -0.1) is 0 Å². The molecule has 0 saturated carbocycles. The van der Waals surface area contributed by atoms with E-state index in [4.69, 9.17) is 17.2 Å². The van der Waals surface area contributed by atoms with Crippen molar-refractivity contribution < 1.29 is 0 Å². The van der Waals surface area contributed by atoms with Gasteiger partial charge in [0.25, 0.3) is 0 Å². The van der Waals surface area contributed by atoms with Gasteiger partial charge < -0.3 is 21.8 Å². The highest BCUT2D eigenvalue weighted by atomic mass is 28.2. The van der Waals surface area contributed by atoms with Gasteiger partial charge in [0.2, 0.25) is 0 Å². The molecule has 0 fully saturated rings. The molecule has 0 aromatic rings. The molecular formula is C12H32N4Si. The summed E-state index contributed by atoms with van der Waals surface area (Å²) in [6.45, 7) is 9.49. The normalized spacial score (nSPS) is 21.2. The first kappa shape index (κ1) is 17.1. The van der Waals surface area contributed by atoms with Gasteiger partial charge in [0.15, 0.2) is 0 Å². The van der Waals surface area contributed by atoms with Gasteiger partial charge in [0, 0.05) is 23.7 Å². The molecule has 0 spiro atoms.